The van der Waals surface area contributed by atoms with Crippen LogP contribution in [-0.4, -0.2) is 54.8 Å². The second-order valence-corrected chi connectivity index (χ2v) is 5.61. The maximum Gasteiger partial charge on any atom is 0.242 e. The Kier molecular flexibility index (Phi) is 11.4. The second-order valence-electron chi connectivity index (χ2n) is 5.61. The van der Waals surface area contributed by atoms with E-state index in [9.17, 15) is 14.4 Å². The van der Waals surface area contributed by atoms with Crippen molar-refractivity contribution in [3.8, 4) is 0 Å². The van der Waals surface area contributed by atoms with E-state index in [2.05, 4.69) is 10.6 Å². The van der Waals surface area contributed by atoms with E-state index in [1.54, 1.807) is 4.90 Å². The zero-order valence-corrected chi connectivity index (χ0v) is 14.6. The lowest BCUT2D eigenvalue weighted by molar-refractivity contribution is -0.136. The Labute approximate surface area is 144 Å². The monoisotopic (exact) mass is 348 g/mol. The minimum atomic E-state index is -0.0966. The Balaban J connectivity index is 0.00000484. The Hall–Kier alpha value is -1.34. The van der Waals surface area contributed by atoms with Crippen molar-refractivity contribution in [1.29, 1.82) is 0 Å². The predicted molar refractivity (Wildman–Crippen MR) is 91.2 cm³/mol. The highest BCUT2D eigenvalue weighted by Crippen LogP contribution is 2.16. The van der Waals surface area contributed by atoms with Crippen LogP contribution in [0.4, 0.5) is 0 Å². The fourth-order valence-electron chi connectivity index (χ4n) is 2.58. The SMILES string of the molecule is CCCC(=O)NCC(=O)N1CCCCC1CNC(=O)CCN.Cl. The third kappa shape index (κ3) is 8.18. The normalized spacial score (nSPS) is 17.1. The lowest BCUT2D eigenvalue weighted by atomic mass is 10.0. The fraction of sp³-hybridized carbons (Fsp3) is 0.800. The summed E-state index contributed by atoms with van der Waals surface area (Å²) in [7, 11) is 0. The van der Waals surface area contributed by atoms with Gasteiger partial charge in [-0.15, -0.1) is 12.4 Å². The van der Waals surface area contributed by atoms with Crippen LogP contribution >= 0.6 is 12.4 Å². The largest absolute Gasteiger partial charge is 0.354 e. The first kappa shape index (κ1) is 21.7. The van der Waals surface area contributed by atoms with Gasteiger partial charge >= 0.3 is 0 Å². The summed E-state index contributed by atoms with van der Waals surface area (Å²) in [6.45, 7) is 3.41. The fourth-order valence-corrected chi connectivity index (χ4v) is 2.58. The maximum absolute atomic E-state index is 12.3. The van der Waals surface area contributed by atoms with Gasteiger partial charge in [-0.05, 0) is 25.7 Å². The number of hydrogen-bond acceptors (Lipinski definition) is 4. The van der Waals surface area contributed by atoms with Gasteiger partial charge in [0.15, 0.2) is 0 Å². The Morgan fingerprint density at radius 3 is 2.48 bits per heavy atom. The minimum absolute atomic E-state index is 0. The molecule has 4 N–H and O–H groups in total. The highest BCUT2D eigenvalue weighted by Gasteiger charge is 2.26. The van der Waals surface area contributed by atoms with Gasteiger partial charge in [0.05, 0.1) is 6.54 Å². The molecule has 0 saturated carbocycles. The van der Waals surface area contributed by atoms with E-state index < -0.39 is 0 Å². The summed E-state index contributed by atoms with van der Waals surface area (Å²) in [6, 6.07) is 0.00560. The third-order valence-corrected chi connectivity index (χ3v) is 3.77. The molecule has 0 bridgehead atoms. The van der Waals surface area contributed by atoms with E-state index >= 15 is 0 Å². The van der Waals surface area contributed by atoms with E-state index in [1.807, 2.05) is 6.92 Å². The highest BCUT2D eigenvalue weighted by molar-refractivity contribution is 5.85. The molecule has 0 aromatic carbocycles. The number of carbonyl (C=O) groups is 3. The molecular formula is C15H29ClN4O3. The molecule has 1 unspecified atom stereocenters. The standard InChI is InChI=1S/C15H28N4O3.ClH/c1-2-5-13(20)18-11-15(22)19-9-4-3-6-12(19)10-17-14(21)7-8-16;/h12H,2-11,16H2,1H3,(H,17,21)(H,18,20);1H. The summed E-state index contributed by atoms with van der Waals surface area (Å²) in [5, 5.41) is 5.48. The van der Waals surface area contributed by atoms with Crippen molar-refractivity contribution in [1.82, 2.24) is 15.5 Å². The number of halogens is 1. The molecule has 7 nitrogen and oxygen atoms in total. The Morgan fingerprint density at radius 2 is 1.83 bits per heavy atom. The van der Waals surface area contributed by atoms with E-state index in [0.717, 1.165) is 25.7 Å². The molecule has 8 heteroatoms. The van der Waals surface area contributed by atoms with Crippen LogP contribution in [0.25, 0.3) is 0 Å². The number of piperidine rings is 1. The van der Waals surface area contributed by atoms with Crippen LogP contribution < -0.4 is 16.4 Å². The van der Waals surface area contributed by atoms with Crippen LogP contribution in [0.5, 0.6) is 0 Å². The van der Waals surface area contributed by atoms with Crippen LogP contribution in [0.3, 0.4) is 0 Å². The van der Waals surface area contributed by atoms with Crippen molar-refractivity contribution in [2.75, 3.05) is 26.2 Å². The van der Waals surface area contributed by atoms with Crippen LogP contribution in [0.15, 0.2) is 0 Å². The topological polar surface area (TPSA) is 105 Å². The van der Waals surface area contributed by atoms with Crippen molar-refractivity contribution < 1.29 is 14.4 Å². The van der Waals surface area contributed by atoms with E-state index in [0.29, 0.717) is 32.5 Å². The summed E-state index contributed by atoms with van der Waals surface area (Å²) in [6.07, 6.45) is 4.38. The number of nitrogens with one attached hydrogen (secondary N) is 2. The zero-order valence-electron chi connectivity index (χ0n) is 13.8. The first-order chi connectivity index (χ1) is 10.6. The smallest absolute Gasteiger partial charge is 0.242 e. The summed E-state index contributed by atoms with van der Waals surface area (Å²) >= 11 is 0. The van der Waals surface area contributed by atoms with Crippen molar-refractivity contribution in [2.45, 2.75) is 51.5 Å². The van der Waals surface area contributed by atoms with Crippen molar-refractivity contribution >= 4 is 30.1 Å². The summed E-state index contributed by atoms with van der Waals surface area (Å²) in [5.41, 5.74) is 5.34. The number of nitrogens with two attached hydrogens (primary N) is 1. The van der Waals surface area contributed by atoms with E-state index in [1.165, 1.54) is 0 Å². The molecule has 0 spiro atoms. The number of rotatable bonds is 8. The van der Waals surface area contributed by atoms with Gasteiger partial charge in [0.25, 0.3) is 0 Å². The van der Waals surface area contributed by atoms with E-state index in [4.69, 9.17) is 5.73 Å². The molecule has 0 aliphatic carbocycles. The van der Waals surface area contributed by atoms with Gasteiger partial charge in [-0.2, -0.15) is 0 Å². The predicted octanol–water partition coefficient (Wildman–Crippen LogP) is 0.171. The first-order valence-corrected chi connectivity index (χ1v) is 8.11. The molecule has 0 radical (unpaired) electrons. The first-order valence-electron chi connectivity index (χ1n) is 8.11. The van der Waals surface area contributed by atoms with Gasteiger partial charge in [-0.25, -0.2) is 0 Å². The number of carbonyl (C=O) groups excluding carboxylic acids is 3. The summed E-state index contributed by atoms with van der Waals surface area (Å²) in [4.78, 5) is 37.0. The average molecular weight is 349 g/mol. The van der Waals surface area contributed by atoms with Gasteiger partial charge in [0.1, 0.15) is 0 Å². The van der Waals surface area contributed by atoms with Crippen LogP contribution in [0.2, 0.25) is 0 Å². The lowest BCUT2D eigenvalue weighted by Crippen LogP contribution is -2.52. The van der Waals surface area contributed by atoms with Crippen molar-refractivity contribution in [2.24, 2.45) is 5.73 Å². The zero-order chi connectivity index (χ0) is 16.4. The molecule has 3 amide bonds. The number of likely N-dealkylation sites (tertiary alicyclic amines) is 1. The maximum atomic E-state index is 12.3. The highest BCUT2D eigenvalue weighted by atomic mass is 35.5. The summed E-state index contributed by atoms with van der Waals surface area (Å²) in [5.74, 6) is -0.264. The van der Waals surface area contributed by atoms with Crippen molar-refractivity contribution in [3.05, 3.63) is 0 Å². The number of amides is 3. The minimum Gasteiger partial charge on any atom is -0.354 e. The second kappa shape index (κ2) is 12.1. The molecule has 1 aliphatic rings. The summed E-state index contributed by atoms with van der Waals surface area (Å²) < 4.78 is 0. The van der Waals surface area contributed by atoms with Crippen molar-refractivity contribution in [3.63, 3.8) is 0 Å². The van der Waals surface area contributed by atoms with Crippen LogP contribution in [0, 0.1) is 0 Å². The van der Waals surface area contributed by atoms with Crippen LogP contribution in [-0.2, 0) is 14.4 Å². The molecule has 1 fully saturated rings. The van der Waals surface area contributed by atoms with Gasteiger partial charge < -0.3 is 21.3 Å². The molecule has 134 valence electrons. The Bertz CT molecular complexity index is 393. The number of nitrogens with zero attached hydrogens (tertiary/aromatic N) is 1. The van der Waals surface area contributed by atoms with Gasteiger partial charge in [0.2, 0.25) is 17.7 Å². The molecule has 0 aromatic heterocycles. The van der Waals surface area contributed by atoms with Gasteiger partial charge in [-0.1, -0.05) is 6.92 Å². The molecule has 1 rings (SSSR count). The van der Waals surface area contributed by atoms with E-state index in [-0.39, 0.29) is 42.7 Å². The quantitative estimate of drug-likeness (QED) is 0.581. The number of hydrogen-bond donors (Lipinski definition) is 3. The molecule has 0 aromatic rings. The average Bonchev–Trinajstić information content (AvgIpc) is 2.51. The molecule has 1 atom stereocenters. The molecular weight excluding hydrogens is 320 g/mol. The molecule has 1 saturated heterocycles. The molecule has 1 aliphatic heterocycles. The molecule has 1 heterocycles. The van der Waals surface area contributed by atoms with Gasteiger partial charge in [0, 0.05) is 38.5 Å². The third-order valence-electron chi connectivity index (χ3n) is 3.77. The molecule has 23 heavy (non-hydrogen) atoms. The van der Waals surface area contributed by atoms with Gasteiger partial charge in [-0.3, -0.25) is 14.4 Å². The van der Waals surface area contributed by atoms with Crippen LogP contribution in [0.1, 0.15) is 45.4 Å². The Morgan fingerprint density at radius 1 is 1.13 bits per heavy atom. The lowest BCUT2D eigenvalue weighted by Gasteiger charge is -2.36.